The molecule has 1 amide bonds. The van der Waals surface area contributed by atoms with Crippen molar-refractivity contribution in [2.75, 3.05) is 5.75 Å². The Hall–Kier alpha value is -0.670. The number of thioether (sulfide) groups is 1. The number of amides is 1. The minimum absolute atomic E-state index is 0.131. The van der Waals surface area contributed by atoms with Gasteiger partial charge in [0.1, 0.15) is 0 Å². The van der Waals surface area contributed by atoms with Crippen molar-refractivity contribution in [2.45, 2.75) is 31.1 Å². The predicted molar refractivity (Wildman–Crippen MR) is 73.4 cm³/mol. The van der Waals surface area contributed by atoms with E-state index in [4.69, 9.17) is 11.6 Å². The molecule has 0 bridgehead atoms. The van der Waals surface area contributed by atoms with Crippen LogP contribution in [0.1, 0.15) is 24.8 Å². The third kappa shape index (κ3) is 3.65. The van der Waals surface area contributed by atoms with Crippen LogP contribution in [0.2, 0.25) is 5.02 Å². The molecule has 1 atom stereocenters. The number of rotatable bonds is 3. The lowest BCUT2D eigenvalue weighted by atomic mass is 10.1. The number of carbonyl (C=O) groups is 1. The van der Waals surface area contributed by atoms with E-state index >= 15 is 0 Å². The lowest BCUT2D eigenvalue weighted by Gasteiger charge is -2.20. The number of carbonyl (C=O) groups excluding carboxylic acids is 1. The van der Waals surface area contributed by atoms with Gasteiger partial charge in [-0.15, -0.1) is 11.8 Å². The van der Waals surface area contributed by atoms with Gasteiger partial charge in [0, 0.05) is 11.6 Å². The molecule has 1 heterocycles. The van der Waals surface area contributed by atoms with Gasteiger partial charge in [-0.05, 0) is 30.2 Å². The molecule has 0 aliphatic carbocycles. The highest BCUT2D eigenvalue weighted by Gasteiger charge is 2.21. The fraction of sp³-hybridized carbons (Fsp3) is 0.462. The van der Waals surface area contributed by atoms with E-state index in [1.807, 2.05) is 24.3 Å². The zero-order valence-corrected chi connectivity index (χ0v) is 11.2. The summed E-state index contributed by atoms with van der Waals surface area (Å²) in [6.45, 7) is 0.523. The normalized spacial score (nSPS) is 19.9. The zero-order chi connectivity index (χ0) is 12.1. The van der Waals surface area contributed by atoms with Gasteiger partial charge in [0.2, 0.25) is 5.91 Å². The van der Waals surface area contributed by atoms with Gasteiger partial charge in [0.05, 0.1) is 5.25 Å². The number of halogens is 1. The average molecular weight is 270 g/mol. The maximum absolute atomic E-state index is 11.9. The molecule has 4 heteroatoms. The molecule has 92 valence electrons. The van der Waals surface area contributed by atoms with Crippen molar-refractivity contribution in [3.63, 3.8) is 0 Å². The van der Waals surface area contributed by atoms with E-state index in [-0.39, 0.29) is 11.2 Å². The van der Waals surface area contributed by atoms with Crippen LogP contribution in [-0.2, 0) is 11.3 Å². The van der Waals surface area contributed by atoms with Gasteiger partial charge in [-0.25, -0.2) is 0 Å². The maximum atomic E-state index is 11.9. The molecule has 1 fully saturated rings. The van der Waals surface area contributed by atoms with Gasteiger partial charge in [-0.2, -0.15) is 0 Å². The monoisotopic (exact) mass is 269 g/mol. The summed E-state index contributed by atoms with van der Waals surface area (Å²) in [4.78, 5) is 11.9. The largest absolute Gasteiger partial charge is 0.351 e. The van der Waals surface area contributed by atoms with Crippen molar-refractivity contribution in [1.82, 2.24) is 5.32 Å². The lowest BCUT2D eigenvalue weighted by Crippen LogP contribution is -2.33. The summed E-state index contributed by atoms with van der Waals surface area (Å²) in [7, 11) is 0. The predicted octanol–water partition coefficient (Wildman–Crippen LogP) is 3.24. The minimum atomic E-state index is 0.131. The second-order valence-electron chi connectivity index (χ2n) is 4.16. The van der Waals surface area contributed by atoms with Gasteiger partial charge in [0.25, 0.3) is 0 Å². The third-order valence-electron chi connectivity index (χ3n) is 2.88. The molecule has 2 rings (SSSR count). The first-order valence-electron chi connectivity index (χ1n) is 5.90. The molecule has 0 spiro atoms. The van der Waals surface area contributed by atoms with Crippen LogP contribution < -0.4 is 5.32 Å². The molecule has 1 aliphatic heterocycles. The summed E-state index contributed by atoms with van der Waals surface area (Å²) in [6.07, 6.45) is 3.40. The van der Waals surface area contributed by atoms with Crippen LogP contribution in [0, 0.1) is 0 Å². The van der Waals surface area contributed by atoms with E-state index in [0.717, 1.165) is 24.2 Å². The van der Waals surface area contributed by atoms with Crippen LogP contribution in [0.3, 0.4) is 0 Å². The van der Waals surface area contributed by atoms with E-state index in [1.165, 1.54) is 6.42 Å². The molecular formula is C13H16ClNOS. The Morgan fingerprint density at radius 1 is 1.41 bits per heavy atom. The second-order valence-corrected chi connectivity index (χ2v) is 5.88. The fourth-order valence-electron chi connectivity index (χ4n) is 1.89. The van der Waals surface area contributed by atoms with Crippen LogP contribution >= 0.6 is 23.4 Å². The van der Waals surface area contributed by atoms with Crippen LogP contribution in [0.4, 0.5) is 0 Å². The van der Waals surface area contributed by atoms with Crippen LogP contribution in [-0.4, -0.2) is 16.9 Å². The quantitative estimate of drug-likeness (QED) is 0.913. The van der Waals surface area contributed by atoms with Crippen LogP contribution in [0.25, 0.3) is 0 Å². The van der Waals surface area contributed by atoms with Gasteiger partial charge in [0.15, 0.2) is 0 Å². The first kappa shape index (κ1) is 12.8. The highest BCUT2D eigenvalue weighted by atomic mass is 35.5. The number of hydrogen-bond acceptors (Lipinski definition) is 2. The molecular weight excluding hydrogens is 254 g/mol. The van der Waals surface area contributed by atoms with Crippen molar-refractivity contribution in [3.05, 3.63) is 34.9 Å². The Kier molecular flexibility index (Phi) is 4.75. The van der Waals surface area contributed by atoms with Gasteiger partial charge in [-0.1, -0.05) is 36.2 Å². The second kappa shape index (κ2) is 6.31. The van der Waals surface area contributed by atoms with Gasteiger partial charge < -0.3 is 5.32 Å². The average Bonchev–Trinajstić information content (AvgIpc) is 2.38. The number of hydrogen-bond donors (Lipinski definition) is 1. The van der Waals surface area contributed by atoms with Crippen molar-refractivity contribution in [2.24, 2.45) is 0 Å². The van der Waals surface area contributed by atoms with Gasteiger partial charge >= 0.3 is 0 Å². The van der Waals surface area contributed by atoms with E-state index < -0.39 is 0 Å². The van der Waals surface area contributed by atoms with E-state index in [1.54, 1.807) is 11.8 Å². The summed E-state index contributed by atoms with van der Waals surface area (Å²) in [5.74, 6) is 1.25. The SMILES string of the molecule is O=C(NCc1ccccc1Cl)C1CCCCS1. The fourth-order valence-corrected chi connectivity index (χ4v) is 3.31. The van der Waals surface area contributed by atoms with E-state index in [0.29, 0.717) is 11.6 Å². The maximum Gasteiger partial charge on any atom is 0.233 e. The van der Waals surface area contributed by atoms with Crippen LogP contribution in [0.5, 0.6) is 0 Å². The van der Waals surface area contributed by atoms with Crippen molar-refractivity contribution >= 4 is 29.3 Å². The van der Waals surface area contributed by atoms with Crippen LogP contribution in [0.15, 0.2) is 24.3 Å². The minimum Gasteiger partial charge on any atom is -0.351 e. The third-order valence-corrected chi connectivity index (χ3v) is 4.63. The molecule has 0 aromatic heterocycles. The Morgan fingerprint density at radius 3 is 2.94 bits per heavy atom. The van der Waals surface area contributed by atoms with E-state index in [2.05, 4.69) is 5.32 Å². The van der Waals surface area contributed by atoms with Gasteiger partial charge in [-0.3, -0.25) is 4.79 Å². The highest BCUT2D eigenvalue weighted by Crippen LogP contribution is 2.25. The molecule has 1 saturated heterocycles. The van der Waals surface area contributed by atoms with Crippen molar-refractivity contribution in [3.8, 4) is 0 Å². The number of nitrogens with one attached hydrogen (secondary N) is 1. The summed E-state index contributed by atoms with van der Waals surface area (Å²) < 4.78 is 0. The molecule has 1 aromatic rings. The molecule has 0 saturated carbocycles. The summed E-state index contributed by atoms with van der Waals surface area (Å²) >= 11 is 7.80. The smallest absolute Gasteiger partial charge is 0.233 e. The molecule has 2 nitrogen and oxygen atoms in total. The highest BCUT2D eigenvalue weighted by molar-refractivity contribution is 8.00. The lowest BCUT2D eigenvalue weighted by molar-refractivity contribution is -0.120. The standard InChI is InChI=1S/C13H16ClNOS/c14-11-6-2-1-5-10(11)9-15-13(16)12-7-3-4-8-17-12/h1-2,5-6,12H,3-4,7-9H2,(H,15,16). The summed E-state index contributed by atoms with van der Waals surface area (Å²) in [6, 6.07) is 7.61. The van der Waals surface area contributed by atoms with Crippen molar-refractivity contribution in [1.29, 1.82) is 0 Å². The van der Waals surface area contributed by atoms with E-state index in [9.17, 15) is 4.79 Å². The number of benzene rings is 1. The molecule has 0 radical (unpaired) electrons. The molecule has 1 N–H and O–H groups in total. The molecule has 1 aromatic carbocycles. The summed E-state index contributed by atoms with van der Waals surface area (Å²) in [5, 5.41) is 3.81. The Bertz CT molecular complexity index is 391. The first-order valence-corrected chi connectivity index (χ1v) is 7.33. The Labute approximate surface area is 111 Å². The topological polar surface area (TPSA) is 29.1 Å². The molecule has 17 heavy (non-hydrogen) atoms. The summed E-state index contributed by atoms with van der Waals surface area (Å²) in [5.41, 5.74) is 0.975. The zero-order valence-electron chi connectivity index (χ0n) is 9.62. The molecule has 1 unspecified atom stereocenters. The Morgan fingerprint density at radius 2 is 2.24 bits per heavy atom. The first-order chi connectivity index (χ1) is 8.27. The molecule has 1 aliphatic rings. The Balaban J connectivity index is 1.85. The van der Waals surface area contributed by atoms with Crippen molar-refractivity contribution < 1.29 is 4.79 Å².